The van der Waals surface area contributed by atoms with E-state index >= 15 is 0 Å². The van der Waals surface area contributed by atoms with Crippen molar-refractivity contribution in [1.82, 2.24) is 10.2 Å². The van der Waals surface area contributed by atoms with Crippen LogP contribution in [-0.4, -0.2) is 35.0 Å². The van der Waals surface area contributed by atoms with Crippen LogP contribution in [0.25, 0.3) is 0 Å². The Morgan fingerprint density at radius 1 is 1.39 bits per heavy atom. The summed E-state index contributed by atoms with van der Waals surface area (Å²) >= 11 is 1.78. The topological polar surface area (TPSA) is 32.3 Å². The lowest BCUT2D eigenvalue weighted by Crippen LogP contribution is -2.42. The van der Waals surface area contributed by atoms with Gasteiger partial charge >= 0.3 is 0 Å². The van der Waals surface area contributed by atoms with Gasteiger partial charge in [0.05, 0.1) is 6.17 Å². The molecule has 0 bridgehead atoms. The van der Waals surface area contributed by atoms with E-state index in [1.165, 1.54) is 0 Å². The highest BCUT2D eigenvalue weighted by Crippen LogP contribution is 2.26. The maximum Gasteiger partial charge on any atom is 0.245 e. The molecule has 3 atom stereocenters. The van der Waals surface area contributed by atoms with Crippen LogP contribution >= 0.6 is 11.8 Å². The van der Waals surface area contributed by atoms with Crippen LogP contribution in [0.15, 0.2) is 30.3 Å². The van der Waals surface area contributed by atoms with Crippen molar-refractivity contribution >= 4 is 17.7 Å². The van der Waals surface area contributed by atoms with Gasteiger partial charge in [0.2, 0.25) is 5.91 Å². The lowest BCUT2D eigenvalue weighted by Gasteiger charge is -2.27. The van der Waals surface area contributed by atoms with E-state index < -0.39 is 0 Å². The lowest BCUT2D eigenvalue weighted by atomic mass is 10.1. The number of carbonyl (C=O) groups is 1. The Kier molecular flexibility index (Phi) is 4.30. The first-order valence-corrected chi connectivity index (χ1v) is 7.66. The number of benzene rings is 1. The van der Waals surface area contributed by atoms with Crippen LogP contribution in [-0.2, 0) is 4.79 Å². The molecule has 1 heterocycles. The summed E-state index contributed by atoms with van der Waals surface area (Å²) in [6, 6.07) is 10.0. The minimum absolute atomic E-state index is 0.102. The van der Waals surface area contributed by atoms with Crippen LogP contribution in [0, 0.1) is 0 Å². The summed E-state index contributed by atoms with van der Waals surface area (Å²) in [5, 5.41) is 3.38. The fourth-order valence-corrected chi connectivity index (χ4v) is 3.18. The highest BCUT2D eigenvalue weighted by atomic mass is 32.2. The number of amides is 1. The number of nitrogens with zero attached hydrogens (tertiary/aromatic N) is 1. The zero-order valence-electron chi connectivity index (χ0n) is 11.1. The quantitative estimate of drug-likeness (QED) is 0.905. The van der Waals surface area contributed by atoms with Gasteiger partial charge in [-0.05, 0) is 25.7 Å². The monoisotopic (exact) mass is 264 g/mol. The largest absolute Gasteiger partial charge is 0.322 e. The molecule has 1 aromatic carbocycles. The van der Waals surface area contributed by atoms with Crippen LogP contribution in [0.1, 0.15) is 25.5 Å². The van der Waals surface area contributed by atoms with Crippen molar-refractivity contribution < 1.29 is 4.79 Å². The first kappa shape index (κ1) is 13.4. The second-order valence-electron chi connectivity index (χ2n) is 4.74. The second kappa shape index (κ2) is 5.76. The number of carbonyl (C=O) groups excluding carboxylic acids is 1. The van der Waals surface area contributed by atoms with Gasteiger partial charge in [0.1, 0.15) is 6.04 Å². The van der Waals surface area contributed by atoms with E-state index in [1.54, 1.807) is 11.8 Å². The standard InChI is InChI=1S/C14H20N2OS/c1-10(9-18-3)16-11(2)15-13(14(16)17)12-7-5-4-6-8-12/h4-8,10-11,13,15H,9H2,1-3H3. The minimum Gasteiger partial charge on any atom is -0.322 e. The second-order valence-corrected chi connectivity index (χ2v) is 5.65. The number of thioether (sulfide) groups is 1. The van der Waals surface area contributed by atoms with Gasteiger partial charge in [-0.2, -0.15) is 11.8 Å². The Labute approximate surface area is 113 Å². The molecule has 3 nitrogen and oxygen atoms in total. The number of hydrogen-bond donors (Lipinski definition) is 1. The van der Waals surface area contributed by atoms with Crippen LogP contribution < -0.4 is 5.32 Å². The van der Waals surface area contributed by atoms with Gasteiger partial charge in [-0.3, -0.25) is 10.1 Å². The van der Waals surface area contributed by atoms with Crippen LogP contribution in [0.5, 0.6) is 0 Å². The molecule has 18 heavy (non-hydrogen) atoms. The van der Waals surface area contributed by atoms with Crippen LogP contribution in [0.2, 0.25) is 0 Å². The van der Waals surface area contributed by atoms with Gasteiger partial charge in [-0.1, -0.05) is 30.3 Å². The summed E-state index contributed by atoms with van der Waals surface area (Å²) in [5.74, 6) is 1.16. The molecular weight excluding hydrogens is 244 g/mol. The molecule has 1 saturated heterocycles. The van der Waals surface area contributed by atoms with Crippen molar-refractivity contribution in [2.75, 3.05) is 12.0 Å². The van der Waals surface area contributed by atoms with E-state index in [1.807, 2.05) is 35.2 Å². The summed E-state index contributed by atoms with van der Waals surface area (Å²) in [7, 11) is 0. The van der Waals surface area contributed by atoms with Crippen LogP contribution in [0.4, 0.5) is 0 Å². The first-order valence-electron chi connectivity index (χ1n) is 6.27. The molecule has 1 amide bonds. The number of rotatable bonds is 4. The van der Waals surface area contributed by atoms with E-state index in [-0.39, 0.29) is 24.2 Å². The lowest BCUT2D eigenvalue weighted by molar-refractivity contribution is -0.131. The van der Waals surface area contributed by atoms with E-state index in [2.05, 4.69) is 25.4 Å². The third-order valence-corrected chi connectivity index (χ3v) is 4.16. The Morgan fingerprint density at radius 3 is 2.67 bits per heavy atom. The fourth-order valence-electron chi connectivity index (χ4n) is 2.54. The zero-order chi connectivity index (χ0) is 13.1. The molecule has 2 rings (SSSR count). The van der Waals surface area contributed by atoms with E-state index in [4.69, 9.17) is 0 Å². The molecule has 1 N–H and O–H groups in total. The molecule has 1 aromatic rings. The van der Waals surface area contributed by atoms with E-state index in [0.717, 1.165) is 11.3 Å². The summed E-state index contributed by atoms with van der Waals surface area (Å²) < 4.78 is 0. The highest BCUT2D eigenvalue weighted by Gasteiger charge is 2.39. The molecule has 1 aliphatic heterocycles. The maximum atomic E-state index is 12.5. The molecule has 0 saturated carbocycles. The molecule has 4 heteroatoms. The molecule has 1 aliphatic rings. The molecule has 0 aromatic heterocycles. The fraction of sp³-hybridized carbons (Fsp3) is 0.500. The van der Waals surface area contributed by atoms with Gasteiger partial charge in [-0.15, -0.1) is 0 Å². The van der Waals surface area contributed by atoms with Gasteiger partial charge in [-0.25, -0.2) is 0 Å². The highest BCUT2D eigenvalue weighted by molar-refractivity contribution is 7.98. The average molecular weight is 264 g/mol. The SMILES string of the molecule is CSCC(C)N1C(=O)C(c2ccccc2)NC1C. The maximum absolute atomic E-state index is 12.5. The normalized spacial score (nSPS) is 25.5. The summed E-state index contributed by atoms with van der Waals surface area (Å²) in [6.45, 7) is 4.16. The van der Waals surface area contributed by atoms with Crippen molar-refractivity contribution in [1.29, 1.82) is 0 Å². The van der Waals surface area contributed by atoms with E-state index in [0.29, 0.717) is 0 Å². The minimum atomic E-state index is -0.189. The third-order valence-electron chi connectivity index (χ3n) is 3.34. The molecule has 0 aliphatic carbocycles. The van der Waals surface area contributed by atoms with Gasteiger partial charge in [0, 0.05) is 11.8 Å². The van der Waals surface area contributed by atoms with Gasteiger partial charge in [0.25, 0.3) is 0 Å². The molecule has 0 radical (unpaired) electrons. The number of hydrogen-bond acceptors (Lipinski definition) is 3. The third kappa shape index (κ3) is 2.54. The molecule has 0 spiro atoms. The number of nitrogens with one attached hydrogen (secondary N) is 1. The average Bonchev–Trinajstić information content (AvgIpc) is 2.66. The molecule has 3 unspecified atom stereocenters. The van der Waals surface area contributed by atoms with Gasteiger partial charge < -0.3 is 4.90 Å². The van der Waals surface area contributed by atoms with Gasteiger partial charge in [0.15, 0.2) is 0 Å². The predicted octanol–water partition coefficient (Wildman–Crippen LogP) is 2.26. The summed E-state index contributed by atoms with van der Waals surface area (Å²) in [6.07, 6.45) is 2.17. The molecule has 98 valence electrons. The summed E-state index contributed by atoms with van der Waals surface area (Å²) in [4.78, 5) is 14.5. The van der Waals surface area contributed by atoms with Crippen molar-refractivity contribution in [2.24, 2.45) is 0 Å². The Hall–Kier alpha value is -1.00. The van der Waals surface area contributed by atoms with Crippen molar-refractivity contribution in [2.45, 2.75) is 32.1 Å². The smallest absolute Gasteiger partial charge is 0.245 e. The Morgan fingerprint density at radius 2 is 2.06 bits per heavy atom. The first-order chi connectivity index (χ1) is 8.65. The molecular formula is C14H20N2OS. The van der Waals surface area contributed by atoms with Crippen molar-refractivity contribution in [3.05, 3.63) is 35.9 Å². The Balaban J connectivity index is 2.16. The molecule has 1 fully saturated rings. The zero-order valence-corrected chi connectivity index (χ0v) is 11.9. The summed E-state index contributed by atoms with van der Waals surface area (Å²) in [5.41, 5.74) is 1.05. The Bertz CT molecular complexity index is 410. The van der Waals surface area contributed by atoms with Crippen LogP contribution in [0.3, 0.4) is 0 Å². The van der Waals surface area contributed by atoms with Crippen molar-refractivity contribution in [3.63, 3.8) is 0 Å². The van der Waals surface area contributed by atoms with Crippen molar-refractivity contribution in [3.8, 4) is 0 Å². The van der Waals surface area contributed by atoms with E-state index in [9.17, 15) is 4.79 Å². The predicted molar refractivity (Wildman–Crippen MR) is 76.5 cm³/mol.